The Hall–Kier alpha value is -2.44. The molecule has 0 bridgehead atoms. The Morgan fingerprint density at radius 1 is 1.15 bits per heavy atom. The molecule has 2 aromatic carbocycles. The van der Waals surface area contributed by atoms with Crippen LogP contribution in [-0.4, -0.2) is 42.6 Å². The molecule has 0 fully saturated rings. The largest absolute Gasteiger partial charge is 0.492 e. The number of hydrogen-bond donors (Lipinski definition) is 0. The van der Waals surface area contributed by atoms with Gasteiger partial charge < -0.3 is 14.4 Å². The molecule has 0 aliphatic carbocycles. The smallest absolute Gasteiger partial charge is 0.248 e. The first-order valence-corrected chi connectivity index (χ1v) is 9.70. The van der Waals surface area contributed by atoms with E-state index >= 15 is 0 Å². The zero-order chi connectivity index (χ0) is 19.2. The summed E-state index contributed by atoms with van der Waals surface area (Å²) in [5.41, 5.74) is 3.29. The van der Waals surface area contributed by atoms with Crippen molar-refractivity contribution in [1.82, 2.24) is 9.88 Å². The Balaban J connectivity index is 1.39. The number of aromatic nitrogens is 1. The van der Waals surface area contributed by atoms with E-state index < -0.39 is 0 Å². The normalized spacial score (nSPS) is 10.9. The van der Waals surface area contributed by atoms with Crippen molar-refractivity contribution in [2.75, 3.05) is 26.8 Å². The number of hydrogen-bond acceptors (Lipinski definition) is 5. The van der Waals surface area contributed by atoms with Gasteiger partial charge in [0, 0.05) is 7.05 Å². The lowest BCUT2D eigenvalue weighted by atomic mass is 10.1. The number of thiazole rings is 1. The summed E-state index contributed by atoms with van der Waals surface area (Å²) in [7, 11) is 1.76. The van der Waals surface area contributed by atoms with Crippen LogP contribution in [0.2, 0.25) is 0 Å². The molecule has 1 aromatic heterocycles. The number of ether oxygens (including phenoxy) is 2. The maximum Gasteiger partial charge on any atom is 0.248 e. The van der Waals surface area contributed by atoms with Gasteiger partial charge in [-0.15, -0.1) is 11.3 Å². The number of amides is 1. The maximum absolute atomic E-state index is 12.2. The van der Waals surface area contributed by atoms with Crippen LogP contribution in [0.25, 0.3) is 10.2 Å². The van der Waals surface area contributed by atoms with E-state index in [-0.39, 0.29) is 12.5 Å². The van der Waals surface area contributed by atoms with Gasteiger partial charge in [-0.3, -0.25) is 4.79 Å². The van der Waals surface area contributed by atoms with Crippen molar-refractivity contribution in [3.8, 4) is 5.75 Å². The maximum atomic E-state index is 12.2. The van der Waals surface area contributed by atoms with E-state index in [0.717, 1.165) is 32.1 Å². The van der Waals surface area contributed by atoms with E-state index in [1.807, 2.05) is 50.2 Å². The third-order valence-corrected chi connectivity index (χ3v) is 5.12. The number of fused-ring (bicyclic) bond motifs is 1. The van der Waals surface area contributed by atoms with E-state index in [0.29, 0.717) is 19.8 Å². The van der Waals surface area contributed by atoms with Crippen molar-refractivity contribution in [2.45, 2.75) is 20.5 Å². The van der Waals surface area contributed by atoms with Crippen LogP contribution < -0.4 is 4.74 Å². The zero-order valence-corrected chi connectivity index (χ0v) is 16.7. The Morgan fingerprint density at radius 2 is 1.89 bits per heavy atom. The lowest BCUT2D eigenvalue weighted by Gasteiger charge is -2.17. The Labute approximate surface area is 163 Å². The van der Waals surface area contributed by atoms with Crippen LogP contribution in [0.15, 0.2) is 42.5 Å². The SMILES string of the molecule is Cc1cc(C)cc(OCCN(C)C(=O)COCc2nc3ccccc3s2)c1. The van der Waals surface area contributed by atoms with Gasteiger partial charge in [-0.2, -0.15) is 0 Å². The molecule has 27 heavy (non-hydrogen) atoms. The van der Waals surface area contributed by atoms with Gasteiger partial charge in [0.2, 0.25) is 5.91 Å². The van der Waals surface area contributed by atoms with E-state index in [4.69, 9.17) is 9.47 Å². The highest BCUT2D eigenvalue weighted by Gasteiger charge is 2.10. The fourth-order valence-electron chi connectivity index (χ4n) is 2.76. The summed E-state index contributed by atoms with van der Waals surface area (Å²) in [5, 5.41) is 0.879. The Bertz CT molecular complexity index is 869. The first-order valence-electron chi connectivity index (χ1n) is 8.88. The quantitative estimate of drug-likeness (QED) is 0.590. The van der Waals surface area contributed by atoms with Crippen LogP contribution in [0.5, 0.6) is 5.75 Å². The highest BCUT2D eigenvalue weighted by molar-refractivity contribution is 7.18. The average Bonchev–Trinajstić information content (AvgIpc) is 3.03. The molecule has 0 N–H and O–H groups in total. The summed E-state index contributed by atoms with van der Waals surface area (Å²) in [5.74, 6) is 0.764. The molecule has 0 unspecified atom stereocenters. The topological polar surface area (TPSA) is 51.7 Å². The van der Waals surface area contributed by atoms with E-state index in [1.165, 1.54) is 0 Å². The first kappa shape index (κ1) is 19.3. The molecule has 142 valence electrons. The van der Waals surface area contributed by atoms with Crippen molar-refractivity contribution >= 4 is 27.5 Å². The van der Waals surface area contributed by atoms with Gasteiger partial charge in [0.05, 0.1) is 23.4 Å². The first-order chi connectivity index (χ1) is 13.0. The standard InChI is InChI=1S/C21H24N2O3S/c1-15-10-16(2)12-17(11-15)26-9-8-23(3)21(24)14-25-13-20-22-18-6-4-5-7-19(18)27-20/h4-7,10-12H,8-9,13-14H2,1-3H3. The molecule has 3 aromatic rings. The van der Waals surface area contributed by atoms with E-state index in [1.54, 1.807) is 23.3 Å². The predicted molar refractivity (Wildman–Crippen MR) is 108 cm³/mol. The van der Waals surface area contributed by atoms with Crippen LogP contribution in [0.4, 0.5) is 0 Å². The summed E-state index contributed by atoms with van der Waals surface area (Å²) in [6, 6.07) is 14.1. The molecule has 5 nitrogen and oxygen atoms in total. The second-order valence-electron chi connectivity index (χ2n) is 6.56. The molecule has 3 rings (SSSR count). The molecule has 0 aliphatic rings. The molecule has 0 saturated carbocycles. The minimum Gasteiger partial charge on any atom is -0.492 e. The second-order valence-corrected chi connectivity index (χ2v) is 7.67. The third kappa shape index (κ3) is 5.52. The minimum absolute atomic E-state index is 0.0377. The number of rotatable bonds is 8. The van der Waals surface area contributed by atoms with Gasteiger partial charge in [-0.25, -0.2) is 4.98 Å². The van der Waals surface area contributed by atoms with Crippen LogP contribution >= 0.6 is 11.3 Å². The highest BCUT2D eigenvalue weighted by Crippen LogP contribution is 2.22. The fourth-order valence-corrected chi connectivity index (χ4v) is 3.66. The van der Waals surface area contributed by atoms with Crippen molar-refractivity contribution in [1.29, 1.82) is 0 Å². The highest BCUT2D eigenvalue weighted by atomic mass is 32.1. The lowest BCUT2D eigenvalue weighted by Crippen LogP contribution is -2.33. The summed E-state index contributed by atoms with van der Waals surface area (Å²) in [6.07, 6.45) is 0. The van der Waals surface area contributed by atoms with Gasteiger partial charge in [0.1, 0.15) is 24.0 Å². The molecule has 0 saturated heterocycles. The fraction of sp³-hybridized carbons (Fsp3) is 0.333. The molecular formula is C21H24N2O3S. The Kier molecular flexibility index (Phi) is 6.42. The number of carbonyl (C=O) groups excluding carboxylic acids is 1. The molecule has 0 radical (unpaired) electrons. The molecular weight excluding hydrogens is 360 g/mol. The lowest BCUT2D eigenvalue weighted by molar-refractivity contribution is -0.135. The molecule has 0 aliphatic heterocycles. The van der Waals surface area contributed by atoms with Crippen LogP contribution in [0.3, 0.4) is 0 Å². The van der Waals surface area contributed by atoms with Gasteiger partial charge in [-0.05, 0) is 49.2 Å². The van der Waals surface area contributed by atoms with E-state index in [9.17, 15) is 4.79 Å². The van der Waals surface area contributed by atoms with Gasteiger partial charge >= 0.3 is 0 Å². The van der Waals surface area contributed by atoms with Gasteiger partial charge in [0.15, 0.2) is 0 Å². The molecule has 6 heteroatoms. The van der Waals surface area contributed by atoms with Crippen molar-refractivity contribution in [3.63, 3.8) is 0 Å². The van der Waals surface area contributed by atoms with Crippen molar-refractivity contribution < 1.29 is 14.3 Å². The summed E-state index contributed by atoms with van der Waals surface area (Å²) < 4.78 is 12.4. The third-order valence-electron chi connectivity index (χ3n) is 4.11. The number of carbonyl (C=O) groups is 1. The molecule has 0 atom stereocenters. The summed E-state index contributed by atoms with van der Waals surface area (Å²) >= 11 is 1.59. The number of para-hydroxylation sites is 1. The van der Waals surface area contributed by atoms with Crippen LogP contribution in [0.1, 0.15) is 16.1 Å². The van der Waals surface area contributed by atoms with Gasteiger partial charge in [0.25, 0.3) is 0 Å². The number of aryl methyl sites for hydroxylation is 2. The summed E-state index contributed by atoms with van der Waals surface area (Å²) in [4.78, 5) is 18.3. The van der Waals surface area contributed by atoms with Crippen LogP contribution in [-0.2, 0) is 16.1 Å². The van der Waals surface area contributed by atoms with Crippen LogP contribution in [0, 0.1) is 13.8 Å². The van der Waals surface area contributed by atoms with Crippen molar-refractivity contribution in [2.24, 2.45) is 0 Å². The van der Waals surface area contributed by atoms with Gasteiger partial charge in [-0.1, -0.05) is 18.2 Å². The average molecular weight is 385 g/mol. The minimum atomic E-state index is -0.0693. The molecule has 0 spiro atoms. The van der Waals surface area contributed by atoms with Crippen molar-refractivity contribution in [3.05, 3.63) is 58.6 Å². The predicted octanol–water partition coefficient (Wildman–Crippen LogP) is 3.97. The Morgan fingerprint density at radius 3 is 2.63 bits per heavy atom. The second kappa shape index (κ2) is 8.97. The number of likely N-dealkylation sites (N-methyl/N-ethyl adjacent to an activating group) is 1. The monoisotopic (exact) mass is 384 g/mol. The number of nitrogens with zero attached hydrogens (tertiary/aromatic N) is 2. The zero-order valence-electron chi connectivity index (χ0n) is 15.9. The molecule has 1 heterocycles. The van der Waals surface area contributed by atoms with E-state index in [2.05, 4.69) is 11.1 Å². The number of benzene rings is 2. The summed E-state index contributed by atoms with van der Waals surface area (Å²) in [6.45, 7) is 5.42. The molecule has 1 amide bonds.